The number of hydrogen-bond donors (Lipinski definition) is 1. The molecule has 0 aliphatic carbocycles. The first-order chi connectivity index (χ1) is 15.0. The van der Waals surface area contributed by atoms with Crippen molar-refractivity contribution in [3.63, 3.8) is 0 Å². The molecule has 0 fully saturated rings. The Bertz CT molecular complexity index is 1320. The summed E-state index contributed by atoms with van der Waals surface area (Å²) in [5, 5.41) is 3.29. The maximum Gasteiger partial charge on any atom is 0.263 e. The smallest absolute Gasteiger partial charge is 0.263 e. The lowest BCUT2D eigenvalue weighted by Gasteiger charge is -2.11. The van der Waals surface area contributed by atoms with Crippen LogP contribution in [0.5, 0.6) is 0 Å². The lowest BCUT2D eigenvalue weighted by atomic mass is 10.1. The summed E-state index contributed by atoms with van der Waals surface area (Å²) in [7, 11) is 0. The number of carbonyl (C=O) groups excluding carboxylic acids is 1. The monoisotopic (exact) mass is 447 g/mol. The summed E-state index contributed by atoms with van der Waals surface area (Å²) in [4.78, 5) is 30.2. The zero-order valence-corrected chi connectivity index (χ0v) is 18.6. The number of carbonyl (C=O) groups is 1. The van der Waals surface area contributed by atoms with Gasteiger partial charge in [-0.15, -0.1) is 17.9 Å². The molecular weight excluding hydrogens is 426 g/mol. The number of rotatable bonds is 7. The van der Waals surface area contributed by atoms with E-state index in [0.29, 0.717) is 28.4 Å². The van der Waals surface area contributed by atoms with Crippen LogP contribution in [0, 0.1) is 6.92 Å². The summed E-state index contributed by atoms with van der Waals surface area (Å²) in [6.45, 7) is 6.23. The minimum absolute atomic E-state index is 0.0618. The minimum atomic E-state index is -0.451. The second kappa shape index (κ2) is 8.91. The Labute approximate surface area is 188 Å². The normalized spacial score (nSPS) is 11.0. The number of benzene rings is 2. The highest BCUT2D eigenvalue weighted by Gasteiger charge is 2.17. The Kier molecular flexibility index (Phi) is 6.06. The fraction of sp³-hybridized carbons (Fsp3) is 0.125. The molecule has 0 atom stereocenters. The highest BCUT2D eigenvalue weighted by molar-refractivity contribution is 7.98. The predicted octanol–water partition coefficient (Wildman–Crippen LogP) is 5.01. The second-order valence-electron chi connectivity index (χ2n) is 7.14. The van der Waals surface area contributed by atoms with Gasteiger partial charge in [0.2, 0.25) is 5.91 Å². The number of aryl methyl sites for hydroxylation is 1. The van der Waals surface area contributed by atoms with E-state index in [9.17, 15) is 9.59 Å². The van der Waals surface area contributed by atoms with Gasteiger partial charge in [0.15, 0.2) is 5.16 Å². The third-order valence-electron chi connectivity index (χ3n) is 4.94. The molecule has 2 N–H and O–H groups in total. The molecule has 7 heteroatoms. The minimum Gasteiger partial charge on any atom is -0.366 e. The van der Waals surface area contributed by atoms with Crippen LogP contribution in [0.15, 0.2) is 76.5 Å². The Balaban J connectivity index is 1.71. The average molecular weight is 448 g/mol. The maximum absolute atomic E-state index is 13.4. The zero-order valence-electron chi connectivity index (χ0n) is 17.0. The van der Waals surface area contributed by atoms with Crippen LogP contribution in [0.25, 0.3) is 21.3 Å². The van der Waals surface area contributed by atoms with Crippen molar-refractivity contribution in [2.75, 3.05) is 0 Å². The summed E-state index contributed by atoms with van der Waals surface area (Å²) in [6, 6.07) is 15.3. The van der Waals surface area contributed by atoms with Crippen LogP contribution < -0.4 is 11.3 Å². The number of amides is 1. The molecule has 156 valence electrons. The molecule has 2 heterocycles. The van der Waals surface area contributed by atoms with E-state index in [1.165, 1.54) is 28.7 Å². The molecule has 4 rings (SSSR count). The van der Waals surface area contributed by atoms with Crippen LogP contribution in [0.4, 0.5) is 0 Å². The van der Waals surface area contributed by atoms with E-state index in [2.05, 4.69) is 6.58 Å². The van der Waals surface area contributed by atoms with Crippen molar-refractivity contribution < 1.29 is 4.79 Å². The molecule has 31 heavy (non-hydrogen) atoms. The Morgan fingerprint density at radius 1 is 1.19 bits per heavy atom. The molecule has 0 saturated heterocycles. The molecule has 0 radical (unpaired) electrons. The number of thioether (sulfide) groups is 1. The summed E-state index contributed by atoms with van der Waals surface area (Å²) in [5.74, 6) is 0.165. The van der Waals surface area contributed by atoms with Crippen LogP contribution in [0.3, 0.4) is 0 Å². The third-order valence-corrected chi connectivity index (χ3v) is 6.86. The zero-order chi connectivity index (χ0) is 22.0. The largest absolute Gasteiger partial charge is 0.366 e. The number of fused-ring (bicyclic) bond motifs is 1. The number of nitrogens with zero attached hydrogens (tertiary/aromatic N) is 2. The number of allylic oxidation sites excluding steroid dienone is 1. The van der Waals surface area contributed by atoms with Crippen LogP contribution >= 0.6 is 23.1 Å². The van der Waals surface area contributed by atoms with Crippen molar-refractivity contribution in [3.05, 3.63) is 93.6 Å². The van der Waals surface area contributed by atoms with Crippen molar-refractivity contribution in [2.24, 2.45) is 5.73 Å². The lowest BCUT2D eigenvalue weighted by Crippen LogP contribution is -2.22. The number of primary amides is 1. The molecule has 4 aromatic rings. The highest BCUT2D eigenvalue weighted by Crippen LogP contribution is 2.33. The van der Waals surface area contributed by atoms with Crippen LogP contribution in [0.1, 0.15) is 21.5 Å². The topological polar surface area (TPSA) is 78.0 Å². The first-order valence-corrected chi connectivity index (χ1v) is 11.6. The van der Waals surface area contributed by atoms with E-state index in [1.54, 1.807) is 22.8 Å². The maximum atomic E-state index is 13.4. The van der Waals surface area contributed by atoms with Gasteiger partial charge in [-0.2, -0.15) is 0 Å². The molecule has 0 aliphatic heterocycles. The Morgan fingerprint density at radius 3 is 2.55 bits per heavy atom. The highest BCUT2D eigenvalue weighted by atomic mass is 32.2. The lowest BCUT2D eigenvalue weighted by molar-refractivity contribution is 0.100. The third kappa shape index (κ3) is 4.33. The van der Waals surface area contributed by atoms with E-state index in [4.69, 9.17) is 10.7 Å². The molecule has 0 spiro atoms. The first-order valence-electron chi connectivity index (χ1n) is 9.69. The summed E-state index contributed by atoms with van der Waals surface area (Å²) in [5.41, 5.74) is 9.82. The van der Waals surface area contributed by atoms with Gasteiger partial charge in [-0.3, -0.25) is 14.2 Å². The van der Waals surface area contributed by atoms with E-state index >= 15 is 0 Å². The van der Waals surface area contributed by atoms with E-state index < -0.39 is 5.91 Å². The predicted molar refractivity (Wildman–Crippen MR) is 129 cm³/mol. The van der Waals surface area contributed by atoms with Gasteiger partial charge in [-0.25, -0.2) is 4.98 Å². The van der Waals surface area contributed by atoms with Gasteiger partial charge in [0.25, 0.3) is 5.56 Å². The molecule has 0 bridgehead atoms. The van der Waals surface area contributed by atoms with Crippen molar-refractivity contribution in [3.8, 4) is 11.1 Å². The van der Waals surface area contributed by atoms with Gasteiger partial charge >= 0.3 is 0 Å². The van der Waals surface area contributed by atoms with Crippen LogP contribution in [0.2, 0.25) is 0 Å². The van der Waals surface area contributed by atoms with Gasteiger partial charge in [0.1, 0.15) is 4.83 Å². The summed E-state index contributed by atoms with van der Waals surface area (Å²) in [6.07, 6.45) is 1.71. The molecule has 0 aliphatic rings. The van der Waals surface area contributed by atoms with Crippen LogP contribution in [-0.2, 0) is 12.3 Å². The fourth-order valence-corrected chi connectivity index (χ4v) is 5.22. The van der Waals surface area contributed by atoms with Gasteiger partial charge in [-0.05, 0) is 30.2 Å². The molecule has 0 saturated carbocycles. The second-order valence-corrected chi connectivity index (χ2v) is 8.94. The fourth-order valence-electron chi connectivity index (χ4n) is 3.26. The summed E-state index contributed by atoms with van der Waals surface area (Å²) >= 11 is 2.96. The van der Waals surface area contributed by atoms with Crippen molar-refractivity contribution in [1.29, 1.82) is 0 Å². The molecular formula is C24H21N3O2S2. The van der Waals surface area contributed by atoms with E-state index in [-0.39, 0.29) is 5.56 Å². The number of aromatic nitrogens is 2. The molecule has 5 nitrogen and oxygen atoms in total. The molecule has 2 aromatic carbocycles. The van der Waals surface area contributed by atoms with Gasteiger partial charge < -0.3 is 5.73 Å². The standard InChI is InChI=1S/C24H21N3O2S2/c1-3-12-27-23(29)20-19(17-8-4-15(2)5-9-17)14-30-22(20)26-24(27)31-13-16-6-10-18(11-7-16)21(25)28/h3-11,14H,1,12-13H2,2H3,(H2,25,28). The Morgan fingerprint density at radius 2 is 1.90 bits per heavy atom. The average Bonchev–Trinajstić information content (AvgIpc) is 3.19. The van der Waals surface area contributed by atoms with Crippen molar-refractivity contribution in [2.45, 2.75) is 24.4 Å². The molecule has 1 amide bonds. The van der Waals surface area contributed by atoms with E-state index in [1.807, 2.05) is 48.7 Å². The van der Waals surface area contributed by atoms with E-state index in [0.717, 1.165) is 21.5 Å². The molecule has 2 aromatic heterocycles. The molecule has 0 unspecified atom stereocenters. The van der Waals surface area contributed by atoms with Crippen molar-refractivity contribution >= 4 is 39.2 Å². The van der Waals surface area contributed by atoms with Gasteiger partial charge in [0, 0.05) is 28.8 Å². The van der Waals surface area contributed by atoms with Gasteiger partial charge in [-0.1, -0.05) is 59.8 Å². The number of thiophene rings is 1. The number of hydrogen-bond acceptors (Lipinski definition) is 5. The van der Waals surface area contributed by atoms with Gasteiger partial charge in [0.05, 0.1) is 5.39 Å². The SMILES string of the molecule is C=CCn1c(SCc2ccc(C(N)=O)cc2)nc2scc(-c3ccc(C)cc3)c2c1=O. The number of nitrogens with two attached hydrogens (primary N) is 1. The summed E-state index contributed by atoms with van der Waals surface area (Å²) < 4.78 is 1.67. The Hall–Kier alpha value is -3.16. The first kappa shape index (κ1) is 21.1. The van der Waals surface area contributed by atoms with Crippen LogP contribution in [-0.4, -0.2) is 15.5 Å². The van der Waals surface area contributed by atoms with Crippen molar-refractivity contribution in [1.82, 2.24) is 9.55 Å². The quantitative estimate of drug-likeness (QED) is 0.245.